The van der Waals surface area contributed by atoms with Gasteiger partial charge in [0.05, 0.1) is 0 Å². The Morgan fingerprint density at radius 1 is 1.36 bits per heavy atom. The fraction of sp³-hybridized carbons (Fsp3) is 0.800. The molecule has 0 amide bonds. The molecule has 1 unspecified atom stereocenters. The summed E-state index contributed by atoms with van der Waals surface area (Å²) in [5, 5.41) is 0. The van der Waals surface area contributed by atoms with Gasteiger partial charge in [-0.2, -0.15) is 0 Å². The van der Waals surface area contributed by atoms with E-state index in [9.17, 15) is 4.39 Å². The predicted octanol–water partition coefficient (Wildman–Crippen LogP) is 3.73. The number of hydrogen-bond acceptors (Lipinski definition) is 0. The van der Waals surface area contributed by atoms with Gasteiger partial charge in [0, 0.05) is 0 Å². The number of hydrogen-bond donors (Lipinski definition) is 0. The summed E-state index contributed by atoms with van der Waals surface area (Å²) in [5.74, 6) is 0. The van der Waals surface area contributed by atoms with Gasteiger partial charge in [0.25, 0.3) is 0 Å². The normalized spacial score (nSPS) is 27.2. The van der Waals surface area contributed by atoms with Crippen LogP contribution in [-0.4, -0.2) is 6.17 Å². The van der Waals surface area contributed by atoms with E-state index in [4.69, 9.17) is 0 Å². The van der Waals surface area contributed by atoms with Crippen molar-refractivity contribution >= 4 is 0 Å². The highest BCUT2D eigenvalue weighted by Gasteiger charge is 2.28. The molecule has 0 spiro atoms. The van der Waals surface area contributed by atoms with Gasteiger partial charge in [-0.25, -0.2) is 4.39 Å². The number of halogens is 1. The van der Waals surface area contributed by atoms with Crippen molar-refractivity contribution in [2.45, 2.75) is 46.7 Å². The third-order valence-electron chi connectivity index (χ3n) is 2.01. The van der Waals surface area contributed by atoms with Gasteiger partial charge in [-0.05, 0) is 18.3 Å². The third kappa shape index (κ3) is 3.04. The lowest BCUT2D eigenvalue weighted by Gasteiger charge is -2.29. The van der Waals surface area contributed by atoms with Crippen LogP contribution in [0.3, 0.4) is 0 Å². The van der Waals surface area contributed by atoms with Crippen molar-refractivity contribution in [3.63, 3.8) is 0 Å². The topological polar surface area (TPSA) is 0 Å². The molecule has 1 heteroatoms. The Labute approximate surface area is 69.5 Å². The molecule has 0 bridgehead atoms. The van der Waals surface area contributed by atoms with Crippen LogP contribution in [0.15, 0.2) is 12.2 Å². The van der Waals surface area contributed by atoms with E-state index >= 15 is 0 Å². The first kappa shape index (κ1) is 10.7. The van der Waals surface area contributed by atoms with Crippen molar-refractivity contribution < 1.29 is 4.39 Å². The molecule has 0 aromatic heterocycles. The van der Waals surface area contributed by atoms with Crippen molar-refractivity contribution in [2.24, 2.45) is 5.41 Å². The lowest BCUT2D eigenvalue weighted by Crippen LogP contribution is -2.25. The molecule has 0 aromatic rings. The molecule has 0 aromatic carbocycles. The molecule has 1 atom stereocenters. The molecule has 0 radical (unpaired) electrons. The highest BCUT2D eigenvalue weighted by Crippen LogP contribution is 2.33. The molecular weight excluding hydrogens is 139 g/mol. The van der Waals surface area contributed by atoms with E-state index in [1.807, 2.05) is 33.8 Å². The van der Waals surface area contributed by atoms with Crippen molar-refractivity contribution in [2.75, 3.05) is 0 Å². The Hall–Kier alpha value is -0.330. The van der Waals surface area contributed by atoms with Crippen molar-refractivity contribution in [1.82, 2.24) is 0 Å². The van der Waals surface area contributed by atoms with Crippen molar-refractivity contribution in [3.8, 4) is 0 Å². The molecule has 11 heavy (non-hydrogen) atoms. The van der Waals surface area contributed by atoms with E-state index < -0.39 is 6.17 Å². The largest absolute Gasteiger partial charge is 0.242 e. The van der Waals surface area contributed by atoms with Gasteiger partial charge in [-0.1, -0.05) is 39.8 Å². The Kier molecular flexibility index (Phi) is 4.39. The van der Waals surface area contributed by atoms with Crippen LogP contribution in [0, 0.1) is 5.41 Å². The number of allylic oxidation sites excluding steroid dienone is 2. The monoisotopic (exact) mass is 158 g/mol. The van der Waals surface area contributed by atoms with Gasteiger partial charge >= 0.3 is 0 Å². The van der Waals surface area contributed by atoms with Crippen molar-refractivity contribution in [1.29, 1.82) is 0 Å². The first-order valence-electron chi connectivity index (χ1n) is 4.44. The minimum absolute atomic E-state index is 0.116. The van der Waals surface area contributed by atoms with Crippen LogP contribution < -0.4 is 0 Å². The molecule has 0 saturated heterocycles. The Morgan fingerprint density at radius 3 is 2.18 bits per heavy atom. The standard InChI is InChI=1S/C8H13F.C2H6/c1-8(2)6-4-3-5-7(8)9;1-2/h3,5,7H,4,6H2,1-2H3;1-2H3. The second-order valence-corrected chi connectivity index (χ2v) is 3.36. The zero-order valence-corrected chi connectivity index (χ0v) is 8.02. The van der Waals surface area contributed by atoms with E-state index in [2.05, 4.69) is 0 Å². The third-order valence-corrected chi connectivity index (χ3v) is 2.01. The fourth-order valence-corrected chi connectivity index (χ4v) is 1.07. The van der Waals surface area contributed by atoms with Crippen LogP contribution in [-0.2, 0) is 0 Å². The van der Waals surface area contributed by atoms with Gasteiger partial charge in [0.1, 0.15) is 6.17 Å². The Morgan fingerprint density at radius 2 is 1.91 bits per heavy atom. The maximum Gasteiger partial charge on any atom is 0.123 e. The fourth-order valence-electron chi connectivity index (χ4n) is 1.07. The summed E-state index contributed by atoms with van der Waals surface area (Å²) in [7, 11) is 0. The SMILES string of the molecule is CC.CC1(C)CCC=CC1F. The average molecular weight is 158 g/mol. The first-order chi connectivity index (χ1) is 5.13. The van der Waals surface area contributed by atoms with E-state index in [0.717, 1.165) is 12.8 Å². The summed E-state index contributed by atoms with van der Waals surface area (Å²) in [5.41, 5.74) is -0.116. The minimum atomic E-state index is -0.730. The van der Waals surface area contributed by atoms with Crippen molar-refractivity contribution in [3.05, 3.63) is 12.2 Å². The highest BCUT2D eigenvalue weighted by molar-refractivity contribution is 5.01. The summed E-state index contributed by atoms with van der Waals surface area (Å²) in [6.07, 6.45) is 4.88. The lowest BCUT2D eigenvalue weighted by atomic mass is 9.79. The smallest absolute Gasteiger partial charge is 0.123 e. The Bertz CT molecular complexity index is 125. The zero-order chi connectivity index (χ0) is 8.91. The Balaban J connectivity index is 0.000000461. The number of alkyl halides is 1. The quantitative estimate of drug-likeness (QED) is 0.471. The molecule has 0 saturated carbocycles. The number of rotatable bonds is 0. The minimum Gasteiger partial charge on any atom is -0.242 e. The second kappa shape index (κ2) is 4.53. The van der Waals surface area contributed by atoms with Crippen LogP contribution >= 0.6 is 0 Å². The molecule has 0 N–H and O–H groups in total. The van der Waals surface area contributed by atoms with Gasteiger partial charge < -0.3 is 0 Å². The van der Waals surface area contributed by atoms with Crippen LogP contribution in [0.1, 0.15) is 40.5 Å². The highest BCUT2D eigenvalue weighted by atomic mass is 19.1. The van der Waals surface area contributed by atoms with Crippen LogP contribution in [0.2, 0.25) is 0 Å². The van der Waals surface area contributed by atoms with E-state index in [1.54, 1.807) is 6.08 Å². The molecular formula is C10H19F. The molecule has 1 aliphatic rings. The summed E-state index contributed by atoms with van der Waals surface area (Å²) in [4.78, 5) is 0. The maximum atomic E-state index is 12.9. The molecule has 0 aliphatic heterocycles. The van der Waals surface area contributed by atoms with Gasteiger partial charge in [-0.15, -0.1) is 0 Å². The first-order valence-corrected chi connectivity index (χ1v) is 4.44. The summed E-state index contributed by atoms with van der Waals surface area (Å²) >= 11 is 0. The van der Waals surface area contributed by atoms with Crippen LogP contribution in [0.4, 0.5) is 4.39 Å². The van der Waals surface area contributed by atoms with E-state index in [0.29, 0.717) is 0 Å². The molecule has 0 nitrogen and oxygen atoms in total. The molecule has 1 aliphatic carbocycles. The van der Waals surface area contributed by atoms with E-state index in [1.165, 1.54) is 0 Å². The maximum absolute atomic E-state index is 12.9. The van der Waals surface area contributed by atoms with Gasteiger partial charge in [0.15, 0.2) is 0 Å². The zero-order valence-electron chi connectivity index (χ0n) is 8.02. The van der Waals surface area contributed by atoms with E-state index in [-0.39, 0.29) is 5.41 Å². The lowest BCUT2D eigenvalue weighted by molar-refractivity contribution is 0.166. The van der Waals surface area contributed by atoms with Crippen LogP contribution in [0.25, 0.3) is 0 Å². The molecule has 66 valence electrons. The summed E-state index contributed by atoms with van der Waals surface area (Å²) in [6, 6.07) is 0. The summed E-state index contributed by atoms with van der Waals surface area (Å²) in [6.45, 7) is 7.95. The second-order valence-electron chi connectivity index (χ2n) is 3.36. The molecule has 0 fully saturated rings. The molecule has 1 rings (SSSR count). The van der Waals surface area contributed by atoms with Gasteiger partial charge in [0.2, 0.25) is 0 Å². The van der Waals surface area contributed by atoms with Crippen LogP contribution in [0.5, 0.6) is 0 Å². The summed E-state index contributed by atoms with van der Waals surface area (Å²) < 4.78 is 12.9. The average Bonchev–Trinajstić information content (AvgIpc) is 2.00. The van der Waals surface area contributed by atoms with Gasteiger partial charge in [-0.3, -0.25) is 0 Å². The predicted molar refractivity (Wildman–Crippen MR) is 48.4 cm³/mol. The molecule has 0 heterocycles.